The molecule has 2 aromatic heterocycles. The van der Waals surface area contributed by atoms with Crippen molar-refractivity contribution in [2.24, 2.45) is 0 Å². The number of hydrogen-bond acceptors (Lipinski definition) is 5. The van der Waals surface area contributed by atoms with Crippen LogP contribution in [0.15, 0.2) is 28.4 Å². The van der Waals surface area contributed by atoms with Crippen LogP contribution in [0.4, 0.5) is 10.5 Å². The third kappa shape index (κ3) is 4.18. The van der Waals surface area contributed by atoms with E-state index in [1.807, 2.05) is 42.3 Å². The lowest BCUT2D eigenvalue weighted by molar-refractivity contribution is 0.200. The van der Waals surface area contributed by atoms with Crippen LogP contribution >= 0.6 is 11.3 Å². The van der Waals surface area contributed by atoms with Gasteiger partial charge in [-0.05, 0) is 61.7 Å². The lowest BCUT2D eigenvalue weighted by Gasteiger charge is -2.27. The molecular weight excluding hydrogens is 400 g/mol. The molecule has 30 heavy (non-hydrogen) atoms. The first kappa shape index (κ1) is 20.4. The number of urea groups is 1. The Labute approximate surface area is 179 Å². The van der Waals surface area contributed by atoms with E-state index in [4.69, 9.17) is 4.74 Å². The summed E-state index contributed by atoms with van der Waals surface area (Å²) in [6.07, 6.45) is 4.10. The Balaban J connectivity index is 1.70. The van der Waals surface area contributed by atoms with Gasteiger partial charge in [0.05, 0.1) is 17.6 Å². The summed E-state index contributed by atoms with van der Waals surface area (Å²) in [7, 11) is 0. The number of anilines is 1. The van der Waals surface area contributed by atoms with Crippen molar-refractivity contribution in [2.45, 2.75) is 39.5 Å². The van der Waals surface area contributed by atoms with Gasteiger partial charge in [0.2, 0.25) is 0 Å². The maximum atomic E-state index is 12.6. The summed E-state index contributed by atoms with van der Waals surface area (Å²) in [6.45, 7) is 6.05. The number of carbonyl (C=O) groups is 1. The van der Waals surface area contributed by atoms with E-state index >= 15 is 0 Å². The van der Waals surface area contributed by atoms with Crippen molar-refractivity contribution in [1.82, 2.24) is 14.9 Å². The van der Waals surface area contributed by atoms with Crippen LogP contribution in [0.1, 0.15) is 38.2 Å². The zero-order chi connectivity index (χ0) is 21.1. The molecular formula is C22H26N4O3S. The molecule has 0 bridgehead atoms. The number of H-pyrrole nitrogens is 1. The SMILES string of the molecule is CCCOc1ccc(NC(=O)N2CCCCC2)cc1-c1nc2scc(C)c2c(=O)[nH]1. The highest BCUT2D eigenvalue weighted by Crippen LogP contribution is 2.32. The lowest BCUT2D eigenvalue weighted by Crippen LogP contribution is -2.38. The van der Waals surface area contributed by atoms with Gasteiger partial charge >= 0.3 is 6.03 Å². The van der Waals surface area contributed by atoms with E-state index in [1.165, 1.54) is 17.8 Å². The van der Waals surface area contributed by atoms with Gasteiger partial charge in [0.1, 0.15) is 16.4 Å². The van der Waals surface area contributed by atoms with Gasteiger partial charge in [-0.1, -0.05) is 6.92 Å². The standard InChI is InChI=1S/C22H26N4O3S/c1-3-11-29-17-8-7-15(23-22(28)26-9-5-4-6-10-26)12-16(17)19-24-20(27)18-14(2)13-30-21(18)25-19/h7-8,12-13H,3-6,9-11H2,1-2H3,(H,23,28)(H,24,25,27). The first-order valence-electron chi connectivity index (χ1n) is 10.4. The molecule has 0 atom stereocenters. The van der Waals surface area contributed by atoms with E-state index in [0.717, 1.165) is 37.9 Å². The lowest BCUT2D eigenvalue weighted by atomic mass is 10.1. The summed E-state index contributed by atoms with van der Waals surface area (Å²) in [5.41, 5.74) is 2.05. The minimum Gasteiger partial charge on any atom is -0.493 e. The highest BCUT2D eigenvalue weighted by Gasteiger charge is 2.18. The summed E-state index contributed by atoms with van der Waals surface area (Å²) in [6, 6.07) is 5.36. The van der Waals surface area contributed by atoms with Crippen molar-refractivity contribution in [3.8, 4) is 17.1 Å². The van der Waals surface area contributed by atoms with E-state index in [1.54, 1.807) is 0 Å². The molecule has 0 unspecified atom stereocenters. The average molecular weight is 427 g/mol. The van der Waals surface area contributed by atoms with Gasteiger partial charge in [-0.2, -0.15) is 0 Å². The zero-order valence-corrected chi connectivity index (χ0v) is 18.1. The molecule has 2 amide bonds. The Morgan fingerprint density at radius 2 is 2.10 bits per heavy atom. The van der Waals surface area contributed by atoms with Gasteiger partial charge in [-0.15, -0.1) is 11.3 Å². The van der Waals surface area contributed by atoms with Crippen molar-refractivity contribution in [3.05, 3.63) is 39.5 Å². The van der Waals surface area contributed by atoms with Crippen LogP contribution in [-0.2, 0) is 0 Å². The number of nitrogens with one attached hydrogen (secondary N) is 2. The van der Waals surface area contributed by atoms with Crippen molar-refractivity contribution < 1.29 is 9.53 Å². The fourth-order valence-corrected chi connectivity index (χ4v) is 4.57. The number of carbonyl (C=O) groups excluding carboxylic acids is 1. The number of thiophene rings is 1. The van der Waals surface area contributed by atoms with Crippen molar-refractivity contribution in [2.75, 3.05) is 25.0 Å². The molecule has 4 rings (SSSR count). The van der Waals surface area contributed by atoms with Gasteiger partial charge < -0.3 is 19.9 Å². The zero-order valence-electron chi connectivity index (χ0n) is 17.3. The summed E-state index contributed by atoms with van der Waals surface area (Å²) in [5.74, 6) is 1.07. The highest BCUT2D eigenvalue weighted by molar-refractivity contribution is 7.16. The molecule has 0 aliphatic carbocycles. The largest absolute Gasteiger partial charge is 0.493 e. The molecule has 7 nitrogen and oxygen atoms in total. The minimum absolute atomic E-state index is 0.103. The molecule has 3 heterocycles. The molecule has 1 aliphatic heterocycles. The molecule has 2 N–H and O–H groups in total. The van der Waals surface area contributed by atoms with Crippen LogP contribution in [0, 0.1) is 6.92 Å². The normalized spacial score (nSPS) is 14.1. The number of aromatic amines is 1. The summed E-state index contributed by atoms with van der Waals surface area (Å²) in [4.78, 5) is 35.3. The summed E-state index contributed by atoms with van der Waals surface area (Å²) in [5, 5.41) is 5.53. The fraction of sp³-hybridized carbons (Fsp3) is 0.409. The number of benzene rings is 1. The molecule has 0 saturated carbocycles. The Morgan fingerprint density at radius 1 is 1.30 bits per heavy atom. The molecule has 8 heteroatoms. The molecule has 1 aromatic carbocycles. The Hall–Kier alpha value is -2.87. The van der Waals surface area contributed by atoms with Crippen LogP contribution in [0.25, 0.3) is 21.6 Å². The number of nitrogens with zero attached hydrogens (tertiary/aromatic N) is 2. The maximum absolute atomic E-state index is 12.6. The Morgan fingerprint density at radius 3 is 2.87 bits per heavy atom. The predicted octanol–water partition coefficient (Wildman–Crippen LogP) is 4.77. The molecule has 3 aromatic rings. The van der Waals surface area contributed by atoms with E-state index in [0.29, 0.717) is 39.6 Å². The van der Waals surface area contributed by atoms with Crippen LogP contribution < -0.4 is 15.6 Å². The van der Waals surface area contributed by atoms with Gasteiger partial charge in [-0.3, -0.25) is 4.79 Å². The number of likely N-dealkylation sites (tertiary alicyclic amines) is 1. The van der Waals surface area contributed by atoms with Crippen LogP contribution in [0.5, 0.6) is 5.75 Å². The maximum Gasteiger partial charge on any atom is 0.321 e. The smallest absolute Gasteiger partial charge is 0.321 e. The predicted molar refractivity (Wildman–Crippen MR) is 121 cm³/mol. The molecule has 0 spiro atoms. The topological polar surface area (TPSA) is 87.3 Å². The Kier molecular flexibility index (Phi) is 6.03. The van der Waals surface area contributed by atoms with Gasteiger partial charge in [0, 0.05) is 18.8 Å². The molecule has 1 aliphatic rings. The summed E-state index contributed by atoms with van der Waals surface area (Å²) < 4.78 is 5.89. The second-order valence-electron chi connectivity index (χ2n) is 7.55. The van der Waals surface area contributed by atoms with Crippen LogP contribution in [-0.4, -0.2) is 40.6 Å². The first-order valence-corrected chi connectivity index (χ1v) is 11.3. The number of amides is 2. The van der Waals surface area contributed by atoms with E-state index in [-0.39, 0.29) is 11.6 Å². The van der Waals surface area contributed by atoms with Gasteiger partial charge in [0.25, 0.3) is 5.56 Å². The number of piperidine rings is 1. The molecule has 158 valence electrons. The van der Waals surface area contributed by atoms with Crippen LogP contribution in [0.3, 0.4) is 0 Å². The monoisotopic (exact) mass is 426 g/mol. The van der Waals surface area contributed by atoms with Crippen molar-refractivity contribution in [1.29, 1.82) is 0 Å². The Bertz CT molecular complexity index is 1120. The average Bonchev–Trinajstić information content (AvgIpc) is 3.14. The van der Waals surface area contributed by atoms with E-state index in [9.17, 15) is 9.59 Å². The molecule has 1 saturated heterocycles. The second kappa shape index (κ2) is 8.87. The number of fused-ring (bicyclic) bond motifs is 1. The third-order valence-corrected chi connectivity index (χ3v) is 6.21. The number of ether oxygens (including phenoxy) is 1. The third-order valence-electron chi connectivity index (χ3n) is 5.22. The minimum atomic E-state index is -0.169. The number of aromatic nitrogens is 2. The van der Waals surface area contributed by atoms with E-state index < -0.39 is 0 Å². The number of rotatable bonds is 5. The summed E-state index contributed by atoms with van der Waals surface area (Å²) >= 11 is 1.45. The fourth-order valence-electron chi connectivity index (χ4n) is 3.65. The van der Waals surface area contributed by atoms with Gasteiger partial charge in [-0.25, -0.2) is 9.78 Å². The van der Waals surface area contributed by atoms with Gasteiger partial charge in [0.15, 0.2) is 0 Å². The van der Waals surface area contributed by atoms with E-state index in [2.05, 4.69) is 15.3 Å². The van der Waals surface area contributed by atoms with Crippen LogP contribution in [0.2, 0.25) is 0 Å². The quantitative estimate of drug-likeness (QED) is 0.615. The first-order chi connectivity index (χ1) is 14.6. The molecule has 1 fully saturated rings. The second-order valence-corrected chi connectivity index (χ2v) is 8.41. The van der Waals surface area contributed by atoms with Crippen molar-refractivity contribution in [3.63, 3.8) is 0 Å². The van der Waals surface area contributed by atoms with Crippen molar-refractivity contribution >= 4 is 33.3 Å². The number of aryl methyl sites for hydroxylation is 1. The number of hydrogen-bond donors (Lipinski definition) is 2. The molecule has 0 radical (unpaired) electrons. The highest BCUT2D eigenvalue weighted by atomic mass is 32.1.